The molecule has 10 heteroatoms. The first kappa shape index (κ1) is 17.7. The number of carbonyl (C=O) groups is 2. The smallest absolute Gasteiger partial charge is 0.507 e. The van der Waals surface area contributed by atoms with Gasteiger partial charge in [-0.25, -0.2) is 19.0 Å². The van der Waals surface area contributed by atoms with Gasteiger partial charge in [-0.15, -0.1) is 0 Å². The number of methoxy groups -OCH3 is 1. The molecule has 0 amide bonds. The molecule has 3 rings (SSSR count). The lowest BCUT2D eigenvalue weighted by molar-refractivity contribution is 0.0693. The fraction of sp³-hybridized carbons (Fsp3) is 0.0588. The zero-order valence-electron chi connectivity index (χ0n) is 13.7. The van der Waals surface area contributed by atoms with Crippen LogP contribution in [-0.4, -0.2) is 34.0 Å². The Morgan fingerprint density at radius 3 is 2.52 bits per heavy atom. The molecule has 10 nitrogen and oxygen atoms in total. The summed E-state index contributed by atoms with van der Waals surface area (Å²) in [5.74, 6) is -3.32. The predicted octanol–water partition coefficient (Wildman–Crippen LogP) is 1.49. The lowest BCUT2D eigenvalue weighted by Crippen LogP contribution is -2.31. The number of para-hydroxylation sites is 1. The Balaban J connectivity index is 2.23. The van der Waals surface area contributed by atoms with Crippen molar-refractivity contribution in [3.63, 3.8) is 0 Å². The van der Waals surface area contributed by atoms with Crippen LogP contribution in [-0.2, 0) is 4.74 Å². The molecule has 0 spiro atoms. The first-order valence-corrected chi connectivity index (χ1v) is 7.35. The van der Waals surface area contributed by atoms with Gasteiger partial charge in [-0.1, -0.05) is 6.07 Å². The number of nitrogens with zero attached hydrogens (tertiary/aromatic N) is 1. The summed E-state index contributed by atoms with van der Waals surface area (Å²) in [6.45, 7) is 0. The van der Waals surface area contributed by atoms with Gasteiger partial charge >= 0.3 is 17.9 Å². The Labute approximate surface area is 149 Å². The van der Waals surface area contributed by atoms with Crippen LogP contribution in [0.25, 0.3) is 16.7 Å². The standard InChI is InChI=1S/C17H11NO9/c1-25-17(24)26-12-4-2-3-10-13(12)27-16(23)18(14(10)20)8-5-6-9(15(21)22)11(19)7-8/h2-7,19H,1H3,(H,21,22). The molecule has 2 aromatic carbocycles. The topological polar surface area (TPSA) is 145 Å². The summed E-state index contributed by atoms with van der Waals surface area (Å²) >= 11 is 0. The molecule has 0 radical (unpaired) electrons. The summed E-state index contributed by atoms with van der Waals surface area (Å²) in [7, 11) is 1.09. The second-order valence-electron chi connectivity index (χ2n) is 5.20. The summed E-state index contributed by atoms with van der Waals surface area (Å²) in [5.41, 5.74) is -1.58. The van der Waals surface area contributed by atoms with Gasteiger partial charge in [-0.2, -0.15) is 0 Å². The summed E-state index contributed by atoms with van der Waals surface area (Å²) in [5, 5.41) is 18.6. The van der Waals surface area contributed by atoms with Gasteiger partial charge in [0.1, 0.15) is 11.3 Å². The van der Waals surface area contributed by atoms with Gasteiger partial charge < -0.3 is 24.1 Å². The Morgan fingerprint density at radius 2 is 1.89 bits per heavy atom. The lowest BCUT2D eigenvalue weighted by atomic mass is 10.1. The van der Waals surface area contributed by atoms with Crippen molar-refractivity contribution in [2.45, 2.75) is 0 Å². The molecule has 3 aromatic rings. The number of fused-ring (bicyclic) bond motifs is 1. The van der Waals surface area contributed by atoms with E-state index >= 15 is 0 Å². The largest absolute Gasteiger partial charge is 0.513 e. The molecule has 0 aliphatic carbocycles. The zero-order chi connectivity index (χ0) is 19.7. The van der Waals surface area contributed by atoms with Crippen LogP contribution in [0.3, 0.4) is 0 Å². The third kappa shape index (κ3) is 3.11. The molecule has 0 aliphatic rings. The monoisotopic (exact) mass is 373 g/mol. The number of aromatic hydroxyl groups is 1. The van der Waals surface area contributed by atoms with Crippen LogP contribution in [0.4, 0.5) is 4.79 Å². The van der Waals surface area contributed by atoms with Gasteiger partial charge in [0.2, 0.25) is 0 Å². The zero-order valence-corrected chi connectivity index (χ0v) is 13.7. The van der Waals surface area contributed by atoms with E-state index in [0.717, 1.165) is 19.2 Å². The maximum absolute atomic E-state index is 12.7. The number of hydrogen-bond acceptors (Lipinski definition) is 8. The fourth-order valence-corrected chi connectivity index (χ4v) is 2.40. The van der Waals surface area contributed by atoms with Crippen LogP contribution in [0.15, 0.2) is 50.4 Å². The second-order valence-corrected chi connectivity index (χ2v) is 5.20. The van der Waals surface area contributed by atoms with Crippen molar-refractivity contribution in [2.75, 3.05) is 7.11 Å². The summed E-state index contributed by atoms with van der Waals surface area (Å²) in [4.78, 5) is 47.3. The van der Waals surface area contributed by atoms with Crippen LogP contribution < -0.4 is 16.1 Å². The van der Waals surface area contributed by atoms with Crippen LogP contribution >= 0.6 is 0 Å². The molecule has 0 bridgehead atoms. The Kier molecular flexibility index (Phi) is 4.38. The first-order valence-electron chi connectivity index (χ1n) is 7.35. The van der Waals surface area contributed by atoms with E-state index in [1.807, 2.05) is 0 Å². The highest BCUT2D eigenvalue weighted by Gasteiger charge is 2.18. The van der Waals surface area contributed by atoms with E-state index in [1.54, 1.807) is 0 Å². The first-order chi connectivity index (χ1) is 12.8. The van der Waals surface area contributed by atoms with Crippen molar-refractivity contribution >= 4 is 23.1 Å². The van der Waals surface area contributed by atoms with Crippen LogP contribution in [0.1, 0.15) is 10.4 Å². The van der Waals surface area contributed by atoms with Gasteiger partial charge in [-0.05, 0) is 24.3 Å². The number of aromatic nitrogens is 1. The molecular weight excluding hydrogens is 362 g/mol. The summed E-state index contributed by atoms with van der Waals surface area (Å²) in [6, 6.07) is 7.20. The number of ether oxygens (including phenoxy) is 2. The quantitative estimate of drug-likeness (QED) is 0.515. The molecule has 27 heavy (non-hydrogen) atoms. The number of benzene rings is 2. The fourth-order valence-electron chi connectivity index (χ4n) is 2.40. The highest BCUT2D eigenvalue weighted by atomic mass is 16.7. The molecule has 138 valence electrons. The van der Waals surface area contributed by atoms with Crippen molar-refractivity contribution in [3.05, 3.63) is 62.9 Å². The minimum atomic E-state index is -1.37. The van der Waals surface area contributed by atoms with Crippen molar-refractivity contribution in [2.24, 2.45) is 0 Å². The Morgan fingerprint density at radius 1 is 1.15 bits per heavy atom. The molecule has 2 N–H and O–H groups in total. The van der Waals surface area contributed by atoms with E-state index < -0.39 is 34.8 Å². The average molecular weight is 373 g/mol. The molecule has 0 saturated heterocycles. The van der Waals surface area contributed by atoms with Gasteiger partial charge in [0.25, 0.3) is 5.56 Å². The molecule has 1 heterocycles. The van der Waals surface area contributed by atoms with Gasteiger partial charge in [-0.3, -0.25) is 4.79 Å². The van der Waals surface area contributed by atoms with Crippen LogP contribution in [0.2, 0.25) is 0 Å². The highest BCUT2D eigenvalue weighted by molar-refractivity contribution is 5.91. The van der Waals surface area contributed by atoms with E-state index in [9.17, 15) is 24.3 Å². The highest BCUT2D eigenvalue weighted by Crippen LogP contribution is 2.24. The molecule has 1 aromatic heterocycles. The van der Waals surface area contributed by atoms with E-state index in [4.69, 9.17) is 14.3 Å². The number of aromatic carboxylic acids is 1. The lowest BCUT2D eigenvalue weighted by Gasteiger charge is -2.09. The number of hydrogen-bond donors (Lipinski definition) is 2. The van der Waals surface area contributed by atoms with Gasteiger partial charge in [0, 0.05) is 6.07 Å². The van der Waals surface area contributed by atoms with E-state index in [2.05, 4.69) is 4.74 Å². The summed E-state index contributed by atoms with van der Waals surface area (Å²) in [6.07, 6.45) is -1.07. The third-order valence-corrected chi connectivity index (χ3v) is 3.61. The molecule has 0 atom stereocenters. The van der Waals surface area contributed by atoms with E-state index in [1.165, 1.54) is 24.3 Å². The molecule has 0 saturated carbocycles. The summed E-state index contributed by atoms with van der Waals surface area (Å²) < 4.78 is 14.9. The predicted molar refractivity (Wildman–Crippen MR) is 89.7 cm³/mol. The van der Waals surface area contributed by atoms with Gasteiger partial charge in [0.05, 0.1) is 18.2 Å². The number of carboxylic acid groups (broad SMARTS) is 1. The van der Waals surface area contributed by atoms with Crippen molar-refractivity contribution in [3.8, 4) is 17.2 Å². The van der Waals surface area contributed by atoms with Gasteiger partial charge in [0.15, 0.2) is 11.3 Å². The van der Waals surface area contributed by atoms with E-state index in [-0.39, 0.29) is 22.4 Å². The van der Waals surface area contributed by atoms with Crippen molar-refractivity contribution < 1.29 is 33.7 Å². The minimum absolute atomic E-state index is 0.0854. The number of phenols is 1. The Bertz CT molecular complexity index is 1190. The SMILES string of the molecule is COC(=O)Oc1cccc2c(=O)n(-c3ccc(C(=O)O)c(O)c3)c(=O)oc12. The van der Waals surface area contributed by atoms with Crippen molar-refractivity contribution in [1.29, 1.82) is 0 Å². The molecule has 0 fully saturated rings. The normalized spacial score (nSPS) is 10.6. The Hall–Kier alpha value is -4.08. The van der Waals surface area contributed by atoms with Crippen LogP contribution in [0.5, 0.6) is 11.5 Å². The average Bonchev–Trinajstić information content (AvgIpc) is 2.62. The third-order valence-electron chi connectivity index (χ3n) is 3.61. The van der Waals surface area contributed by atoms with Crippen molar-refractivity contribution in [1.82, 2.24) is 4.57 Å². The van der Waals surface area contributed by atoms with E-state index in [0.29, 0.717) is 4.57 Å². The maximum Gasteiger partial charge on any atom is 0.513 e. The minimum Gasteiger partial charge on any atom is -0.507 e. The number of rotatable bonds is 3. The molecule has 0 aliphatic heterocycles. The maximum atomic E-state index is 12.7. The number of carboxylic acids is 1. The van der Waals surface area contributed by atoms with Crippen LogP contribution in [0, 0.1) is 0 Å². The number of carbonyl (C=O) groups excluding carboxylic acids is 1. The molecular formula is C17H11NO9. The second kappa shape index (κ2) is 6.67. The molecule has 0 unspecified atom stereocenters.